The third-order valence-corrected chi connectivity index (χ3v) is 4.86. The van der Waals surface area contributed by atoms with Gasteiger partial charge in [0.2, 0.25) is 0 Å². The molecule has 0 amide bonds. The number of benzene rings is 2. The van der Waals surface area contributed by atoms with Crippen LogP contribution in [0.4, 0.5) is 4.39 Å². The zero-order valence-corrected chi connectivity index (χ0v) is 17.1. The first kappa shape index (κ1) is 20.3. The van der Waals surface area contributed by atoms with Gasteiger partial charge in [-0.1, -0.05) is 37.6 Å². The highest BCUT2D eigenvalue weighted by atomic mass is 35.5. The molecule has 0 bridgehead atoms. The van der Waals surface area contributed by atoms with Crippen LogP contribution in [0.25, 0.3) is 11.0 Å². The number of carbonyl (C=O) groups excluding carboxylic acids is 1. The molecule has 6 heteroatoms. The summed E-state index contributed by atoms with van der Waals surface area (Å²) in [7, 11) is 0. The minimum atomic E-state index is -0.343. The van der Waals surface area contributed by atoms with Gasteiger partial charge in [0, 0.05) is 24.1 Å². The van der Waals surface area contributed by atoms with E-state index in [0.29, 0.717) is 36.5 Å². The molecule has 0 atom stereocenters. The minimum absolute atomic E-state index is 0.223. The van der Waals surface area contributed by atoms with Crippen LogP contribution in [-0.2, 0) is 22.5 Å². The molecule has 0 aliphatic heterocycles. The second-order valence-corrected chi connectivity index (χ2v) is 8.13. The van der Waals surface area contributed by atoms with E-state index in [2.05, 4.69) is 9.55 Å². The molecule has 0 aliphatic rings. The predicted molar refractivity (Wildman–Crippen MR) is 109 cm³/mol. The number of rotatable bonds is 7. The fraction of sp³-hybridized carbons (Fsp3) is 0.364. The topological polar surface area (TPSA) is 44.1 Å². The molecule has 4 nitrogen and oxygen atoms in total. The summed E-state index contributed by atoms with van der Waals surface area (Å²) < 4.78 is 20.9. The number of nitrogens with zero attached hydrogens (tertiary/aromatic N) is 2. The smallest absolute Gasteiger partial charge is 0.306 e. The van der Waals surface area contributed by atoms with Gasteiger partial charge in [0.15, 0.2) is 0 Å². The van der Waals surface area contributed by atoms with Crippen LogP contribution in [0.5, 0.6) is 0 Å². The van der Waals surface area contributed by atoms with Crippen LogP contribution < -0.4 is 0 Å². The summed E-state index contributed by atoms with van der Waals surface area (Å²) in [5.41, 5.74) is 2.19. The van der Waals surface area contributed by atoms with E-state index < -0.39 is 0 Å². The first-order valence-electron chi connectivity index (χ1n) is 9.32. The Morgan fingerprint density at radius 2 is 1.93 bits per heavy atom. The largest absolute Gasteiger partial charge is 0.466 e. The van der Waals surface area contributed by atoms with Crippen molar-refractivity contribution in [2.45, 2.75) is 40.2 Å². The van der Waals surface area contributed by atoms with Crippen molar-refractivity contribution < 1.29 is 13.9 Å². The van der Waals surface area contributed by atoms with Gasteiger partial charge in [-0.25, -0.2) is 9.37 Å². The van der Waals surface area contributed by atoms with Gasteiger partial charge < -0.3 is 9.30 Å². The Balaban J connectivity index is 1.96. The van der Waals surface area contributed by atoms with Gasteiger partial charge in [-0.15, -0.1) is 0 Å². The summed E-state index contributed by atoms with van der Waals surface area (Å²) >= 11 is 5.99. The first-order chi connectivity index (χ1) is 13.3. The predicted octanol–water partition coefficient (Wildman–Crippen LogP) is 5.40. The Kier molecular flexibility index (Phi) is 6.04. The van der Waals surface area contributed by atoms with Crippen molar-refractivity contribution in [3.63, 3.8) is 0 Å². The van der Waals surface area contributed by atoms with E-state index in [0.717, 1.165) is 16.9 Å². The molecule has 1 heterocycles. The highest BCUT2D eigenvalue weighted by molar-refractivity contribution is 6.30. The molecule has 0 spiro atoms. The molecule has 3 rings (SSSR count). The Morgan fingerprint density at radius 1 is 1.21 bits per heavy atom. The van der Waals surface area contributed by atoms with Crippen molar-refractivity contribution in [3.8, 4) is 0 Å². The van der Waals surface area contributed by atoms with Crippen molar-refractivity contribution in [3.05, 3.63) is 64.7 Å². The summed E-state index contributed by atoms with van der Waals surface area (Å²) in [6, 6.07) is 12.2. The first-order valence-corrected chi connectivity index (χ1v) is 9.70. The average Bonchev–Trinajstić information content (AvgIpc) is 2.92. The van der Waals surface area contributed by atoms with E-state index in [4.69, 9.17) is 16.3 Å². The lowest BCUT2D eigenvalue weighted by atomic mass is 9.85. The monoisotopic (exact) mass is 402 g/mol. The molecule has 0 fully saturated rings. The molecular formula is C22H24ClFN2O2. The lowest BCUT2D eigenvalue weighted by molar-refractivity contribution is -0.145. The molecule has 1 aromatic heterocycles. The fourth-order valence-corrected chi connectivity index (χ4v) is 3.46. The average molecular weight is 403 g/mol. The van der Waals surface area contributed by atoms with E-state index >= 15 is 0 Å². The van der Waals surface area contributed by atoms with E-state index in [1.807, 2.05) is 38.1 Å². The van der Waals surface area contributed by atoms with E-state index in [-0.39, 0.29) is 17.2 Å². The molecule has 148 valence electrons. The third-order valence-electron chi connectivity index (χ3n) is 4.61. The van der Waals surface area contributed by atoms with E-state index in [1.165, 1.54) is 12.1 Å². The number of esters is 1. The molecular weight excluding hydrogens is 379 g/mol. The maximum Gasteiger partial charge on any atom is 0.306 e. The zero-order chi connectivity index (χ0) is 20.3. The lowest BCUT2D eigenvalue weighted by Gasteiger charge is -2.23. The molecule has 3 aromatic rings. The van der Waals surface area contributed by atoms with Crippen molar-refractivity contribution in [2.24, 2.45) is 5.41 Å². The Bertz CT molecular complexity index is 980. The van der Waals surface area contributed by atoms with Gasteiger partial charge in [0.25, 0.3) is 0 Å². The Hall–Kier alpha value is -2.40. The highest BCUT2D eigenvalue weighted by Crippen LogP contribution is 2.29. The Labute approximate surface area is 169 Å². The normalized spacial score (nSPS) is 11.8. The van der Waals surface area contributed by atoms with Crippen molar-refractivity contribution in [1.82, 2.24) is 9.55 Å². The van der Waals surface area contributed by atoms with Crippen molar-refractivity contribution in [2.75, 3.05) is 6.61 Å². The number of carbonyl (C=O) groups is 1. The van der Waals surface area contributed by atoms with Crippen LogP contribution in [-0.4, -0.2) is 22.1 Å². The number of imidazole rings is 1. The number of halogens is 2. The SMILES string of the molecule is CCOC(=O)CC(C)(C)Cc1nc2cc(F)ccc2n1Cc1ccc(Cl)cc1. The standard InChI is InChI=1S/C22H24ClFN2O2/c1-4-28-21(27)13-22(2,3)12-20-25-18-11-17(24)9-10-19(18)26(20)14-15-5-7-16(23)8-6-15/h5-11H,4,12-14H2,1-3H3. The summed E-state index contributed by atoms with van der Waals surface area (Å²) in [6.07, 6.45) is 0.856. The molecule has 0 unspecified atom stereocenters. The number of hydrogen-bond donors (Lipinski definition) is 0. The van der Waals surface area contributed by atoms with Gasteiger partial charge in [0.1, 0.15) is 11.6 Å². The zero-order valence-electron chi connectivity index (χ0n) is 16.3. The van der Waals surface area contributed by atoms with Crippen LogP contribution in [0.3, 0.4) is 0 Å². The fourth-order valence-electron chi connectivity index (χ4n) is 3.33. The third kappa shape index (κ3) is 4.90. The Morgan fingerprint density at radius 3 is 2.61 bits per heavy atom. The summed E-state index contributed by atoms with van der Waals surface area (Å²) in [5, 5.41) is 0.678. The van der Waals surface area contributed by atoms with Gasteiger partial charge in [-0.05, 0) is 42.2 Å². The van der Waals surface area contributed by atoms with Crippen molar-refractivity contribution in [1.29, 1.82) is 0 Å². The van der Waals surface area contributed by atoms with Crippen LogP contribution in [0.15, 0.2) is 42.5 Å². The number of hydrogen-bond acceptors (Lipinski definition) is 3. The van der Waals surface area contributed by atoms with Crippen LogP contribution >= 0.6 is 11.6 Å². The van der Waals surface area contributed by atoms with E-state index in [9.17, 15) is 9.18 Å². The van der Waals surface area contributed by atoms with Crippen molar-refractivity contribution >= 4 is 28.6 Å². The highest BCUT2D eigenvalue weighted by Gasteiger charge is 2.26. The minimum Gasteiger partial charge on any atom is -0.466 e. The van der Waals surface area contributed by atoms with Crippen LogP contribution in [0.1, 0.15) is 38.6 Å². The van der Waals surface area contributed by atoms with Gasteiger partial charge in [-0.2, -0.15) is 0 Å². The molecule has 0 radical (unpaired) electrons. The number of fused-ring (bicyclic) bond motifs is 1. The lowest BCUT2D eigenvalue weighted by Crippen LogP contribution is -2.23. The van der Waals surface area contributed by atoms with Crippen LogP contribution in [0.2, 0.25) is 5.02 Å². The molecule has 28 heavy (non-hydrogen) atoms. The number of ether oxygens (including phenoxy) is 1. The molecule has 2 aromatic carbocycles. The number of aromatic nitrogens is 2. The summed E-state index contributed by atoms with van der Waals surface area (Å²) in [4.78, 5) is 16.6. The van der Waals surface area contributed by atoms with Gasteiger partial charge >= 0.3 is 5.97 Å². The summed E-state index contributed by atoms with van der Waals surface area (Å²) in [5.74, 6) is 0.268. The molecule has 0 saturated heterocycles. The van der Waals surface area contributed by atoms with Crippen LogP contribution in [0, 0.1) is 11.2 Å². The second-order valence-electron chi connectivity index (χ2n) is 7.70. The summed E-state index contributed by atoms with van der Waals surface area (Å²) in [6.45, 7) is 6.77. The maximum atomic E-state index is 13.7. The molecule has 0 aliphatic carbocycles. The molecule has 0 N–H and O–H groups in total. The quantitative estimate of drug-likeness (QED) is 0.497. The molecule has 0 saturated carbocycles. The van der Waals surface area contributed by atoms with Gasteiger partial charge in [0.05, 0.1) is 24.1 Å². The maximum absolute atomic E-state index is 13.7. The second kappa shape index (κ2) is 8.31. The van der Waals surface area contributed by atoms with E-state index in [1.54, 1.807) is 13.0 Å². The van der Waals surface area contributed by atoms with Gasteiger partial charge in [-0.3, -0.25) is 4.79 Å².